The van der Waals surface area contributed by atoms with Gasteiger partial charge in [-0.2, -0.15) is 0 Å². The molecule has 1 aliphatic rings. The third kappa shape index (κ3) is 3.93. The van der Waals surface area contributed by atoms with E-state index in [1.807, 2.05) is 17.0 Å². The van der Waals surface area contributed by atoms with Gasteiger partial charge in [0, 0.05) is 13.1 Å². The maximum Gasteiger partial charge on any atom is 0.238 e. The summed E-state index contributed by atoms with van der Waals surface area (Å²) < 4.78 is 10.5. The lowest BCUT2D eigenvalue weighted by atomic mass is 10.2. The molecule has 1 amide bonds. The summed E-state index contributed by atoms with van der Waals surface area (Å²) in [6.45, 7) is 2.04. The van der Waals surface area contributed by atoms with Crippen LogP contribution in [0.2, 0.25) is 0 Å². The molecule has 1 fully saturated rings. The van der Waals surface area contributed by atoms with Crippen molar-refractivity contribution in [2.24, 2.45) is 0 Å². The number of nitrogens with one attached hydrogen (secondary N) is 1. The van der Waals surface area contributed by atoms with Crippen LogP contribution >= 0.6 is 0 Å². The lowest BCUT2D eigenvalue weighted by Crippen LogP contribution is -2.46. The van der Waals surface area contributed by atoms with E-state index in [9.17, 15) is 4.79 Å². The number of para-hydroxylation sites is 2. The van der Waals surface area contributed by atoms with E-state index in [1.54, 1.807) is 19.2 Å². The molecule has 1 aromatic carbocycles. The van der Waals surface area contributed by atoms with Gasteiger partial charge in [-0.3, -0.25) is 9.69 Å². The van der Waals surface area contributed by atoms with Crippen molar-refractivity contribution in [3.05, 3.63) is 24.3 Å². The minimum absolute atomic E-state index is 0.0232. The number of methoxy groups -OCH3 is 1. The van der Waals surface area contributed by atoms with Gasteiger partial charge < -0.3 is 19.9 Å². The number of aliphatic hydroxyl groups is 1. The number of amides is 1. The maximum atomic E-state index is 12.0. The molecule has 0 aromatic heterocycles. The number of ether oxygens (including phenoxy) is 2. The zero-order valence-electron chi connectivity index (χ0n) is 11.5. The van der Waals surface area contributed by atoms with Crippen molar-refractivity contribution in [1.82, 2.24) is 4.90 Å². The van der Waals surface area contributed by atoms with E-state index in [0.29, 0.717) is 31.1 Å². The quantitative estimate of drug-likeness (QED) is 0.813. The summed E-state index contributed by atoms with van der Waals surface area (Å²) in [6, 6.07) is 7.29. The highest BCUT2D eigenvalue weighted by atomic mass is 16.5. The monoisotopic (exact) mass is 280 g/mol. The Bertz CT molecular complexity index is 453. The average Bonchev–Trinajstić information content (AvgIpc) is 2.48. The van der Waals surface area contributed by atoms with Crippen molar-refractivity contribution >= 4 is 11.6 Å². The molecular weight excluding hydrogens is 260 g/mol. The Hall–Kier alpha value is -1.63. The number of carbonyl (C=O) groups excluding carboxylic acids is 1. The Labute approximate surface area is 118 Å². The zero-order valence-corrected chi connectivity index (χ0v) is 11.5. The van der Waals surface area contributed by atoms with Gasteiger partial charge in [-0.1, -0.05) is 12.1 Å². The highest BCUT2D eigenvalue weighted by molar-refractivity contribution is 5.93. The van der Waals surface area contributed by atoms with Crippen LogP contribution in [0.15, 0.2) is 24.3 Å². The molecule has 1 saturated heterocycles. The Morgan fingerprint density at radius 1 is 1.55 bits per heavy atom. The van der Waals surface area contributed by atoms with Crippen LogP contribution in [0.1, 0.15) is 0 Å². The van der Waals surface area contributed by atoms with Crippen LogP contribution in [0.4, 0.5) is 5.69 Å². The number of benzene rings is 1. The fraction of sp³-hybridized carbons (Fsp3) is 0.500. The number of aliphatic hydroxyl groups excluding tert-OH is 1. The first kappa shape index (κ1) is 14.8. The van der Waals surface area contributed by atoms with Crippen molar-refractivity contribution in [3.63, 3.8) is 0 Å². The molecule has 1 heterocycles. The SMILES string of the molecule is COc1ccccc1NC(=O)CN1CCOC(CO)C1. The second-order valence-electron chi connectivity index (χ2n) is 4.66. The molecule has 1 atom stereocenters. The van der Waals surface area contributed by atoms with Gasteiger partial charge >= 0.3 is 0 Å². The Morgan fingerprint density at radius 2 is 2.35 bits per heavy atom. The van der Waals surface area contributed by atoms with Crippen LogP contribution in [0.5, 0.6) is 5.75 Å². The molecule has 1 aromatic rings. The van der Waals surface area contributed by atoms with Gasteiger partial charge in [-0.05, 0) is 12.1 Å². The fourth-order valence-corrected chi connectivity index (χ4v) is 2.18. The molecule has 2 N–H and O–H groups in total. The molecule has 0 radical (unpaired) electrons. The minimum atomic E-state index is -0.206. The largest absolute Gasteiger partial charge is 0.495 e. The van der Waals surface area contributed by atoms with E-state index in [0.717, 1.165) is 0 Å². The maximum absolute atomic E-state index is 12.0. The molecule has 0 saturated carbocycles. The summed E-state index contributed by atoms with van der Waals surface area (Å²) in [6.07, 6.45) is -0.206. The lowest BCUT2D eigenvalue weighted by molar-refractivity contribution is -0.120. The summed E-state index contributed by atoms with van der Waals surface area (Å²) in [5.41, 5.74) is 0.659. The third-order valence-electron chi connectivity index (χ3n) is 3.17. The van der Waals surface area contributed by atoms with Gasteiger partial charge in [0.1, 0.15) is 5.75 Å². The smallest absolute Gasteiger partial charge is 0.238 e. The topological polar surface area (TPSA) is 71.0 Å². The first-order chi connectivity index (χ1) is 9.72. The average molecular weight is 280 g/mol. The molecule has 2 rings (SSSR count). The molecule has 0 spiro atoms. The van der Waals surface area contributed by atoms with E-state index < -0.39 is 0 Å². The minimum Gasteiger partial charge on any atom is -0.495 e. The number of hydrogen-bond acceptors (Lipinski definition) is 5. The van der Waals surface area contributed by atoms with Gasteiger partial charge in [0.25, 0.3) is 0 Å². The third-order valence-corrected chi connectivity index (χ3v) is 3.17. The molecular formula is C14H20N2O4. The van der Waals surface area contributed by atoms with Crippen molar-refractivity contribution in [2.45, 2.75) is 6.10 Å². The van der Waals surface area contributed by atoms with E-state index in [-0.39, 0.29) is 25.2 Å². The number of anilines is 1. The fourth-order valence-electron chi connectivity index (χ4n) is 2.18. The normalized spacial score (nSPS) is 19.6. The highest BCUT2D eigenvalue weighted by Gasteiger charge is 2.21. The number of nitrogens with zero attached hydrogens (tertiary/aromatic N) is 1. The van der Waals surface area contributed by atoms with Crippen molar-refractivity contribution in [3.8, 4) is 5.75 Å². The van der Waals surface area contributed by atoms with Gasteiger partial charge in [0.05, 0.1) is 38.7 Å². The number of morpholine rings is 1. The molecule has 0 bridgehead atoms. The summed E-state index contributed by atoms with van der Waals surface area (Å²) in [5.74, 6) is 0.532. The van der Waals surface area contributed by atoms with Crippen molar-refractivity contribution < 1.29 is 19.4 Å². The molecule has 0 aliphatic carbocycles. The van der Waals surface area contributed by atoms with E-state index in [2.05, 4.69) is 5.32 Å². The second-order valence-corrected chi connectivity index (χ2v) is 4.66. The number of hydrogen-bond donors (Lipinski definition) is 2. The molecule has 6 heteroatoms. The molecule has 110 valence electrons. The van der Waals surface area contributed by atoms with Gasteiger partial charge in [-0.25, -0.2) is 0 Å². The van der Waals surface area contributed by atoms with Gasteiger partial charge in [-0.15, -0.1) is 0 Å². The molecule has 20 heavy (non-hydrogen) atoms. The van der Waals surface area contributed by atoms with Crippen LogP contribution in [-0.2, 0) is 9.53 Å². The summed E-state index contributed by atoms with van der Waals surface area (Å²) in [5, 5.41) is 11.9. The number of rotatable bonds is 5. The van der Waals surface area contributed by atoms with Crippen molar-refractivity contribution in [2.75, 3.05) is 45.3 Å². The Kier molecular flexibility index (Phi) is 5.34. The predicted octanol–water partition coefficient (Wildman–Crippen LogP) is 0.327. The van der Waals surface area contributed by atoms with Gasteiger partial charge in [0.15, 0.2) is 0 Å². The number of carbonyl (C=O) groups is 1. The van der Waals surface area contributed by atoms with E-state index in [1.165, 1.54) is 0 Å². The zero-order chi connectivity index (χ0) is 14.4. The van der Waals surface area contributed by atoms with Crippen LogP contribution in [0.25, 0.3) is 0 Å². The first-order valence-corrected chi connectivity index (χ1v) is 6.60. The van der Waals surface area contributed by atoms with E-state index >= 15 is 0 Å². The molecule has 1 aliphatic heterocycles. The Morgan fingerprint density at radius 3 is 3.10 bits per heavy atom. The summed E-state index contributed by atoms with van der Waals surface area (Å²) in [4.78, 5) is 14.0. The first-order valence-electron chi connectivity index (χ1n) is 6.60. The molecule has 6 nitrogen and oxygen atoms in total. The highest BCUT2D eigenvalue weighted by Crippen LogP contribution is 2.22. The van der Waals surface area contributed by atoms with Gasteiger partial charge in [0.2, 0.25) is 5.91 Å². The summed E-state index contributed by atoms with van der Waals surface area (Å²) in [7, 11) is 1.57. The van der Waals surface area contributed by atoms with Crippen LogP contribution in [-0.4, -0.2) is 62.0 Å². The standard InChI is InChI=1S/C14H20N2O4/c1-19-13-5-3-2-4-12(13)15-14(18)9-16-6-7-20-11(8-16)10-17/h2-5,11,17H,6-10H2,1H3,(H,15,18). The van der Waals surface area contributed by atoms with Crippen molar-refractivity contribution in [1.29, 1.82) is 0 Å². The second kappa shape index (κ2) is 7.23. The van der Waals surface area contributed by atoms with Crippen LogP contribution < -0.4 is 10.1 Å². The van der Waals surface area contributed by atoms with Crippen LogP contribution in [0.3, 0.4) is 0 Å². The predicted molar refractivity (Wildman–Crippen MR) is 74.9 cm³/mol. The molecule has 1 unspecified atom stereocenters. The Balaban J connectivity index is 1.89. The van der Waals surface area contributed by atoms with Crippen LogP contribution in [0, 0.1) is 0 Å². The van der Waals surface area contributed by atoms with E-state index in [4.69, 9.17) is 14.6 Å². The lowest BCUT2D eigenvalue weighted by Gasteiger charge is -2.31. The summed E-state index contributed by atoms with van der Waals surface area (Å²) >= 11 is 0.